The summed E-state index contributed by atoms with van der Waals surface area (Å²) in [5, 5.41) is 8.96. The molecule has 2 aromatic rings. The van der Waals surface area contributed by atoms with E-state index in [1.807, 2.05) is 46.8 Å². The molecule has 0 radical (unpaired) electrons. The molecule has 1 aromatic heterocycles. The molecule has 3 amide bonds. The molecule has 0 bridgehead atoms. The fourth-order valence-electron chi connectivity index (χ4n) is 4.17. The normalized spacial score (nSPS) is 14.4. The first-order chi connectivity index (χ1) is 17.5. The molecule has 9 nitrogen and oxygen atoms in total. The van der Waals surface area contributed by atoms with Gasteiger partial charge in [-0.25, -0.2) is 4.79 Å². The Hall–Kier alpha value is -3.49. The van der Waals surface area contributed by atoms with E-state index in [1.165, 1.54) is 7.05 Å². The number of para-hydroxylation sites is 1. The highest BCUT2D eigenvalue weighted by molar-refractivity contribution is 6.07. The summed E-state index contributed by atoms with van der Waals surface area (Å²) in [7, 11) is 1.50. The quantitative estimate of drug-likeness (QED) is 0.429. The number of nitrogens with one attached hydrogen (secondary N) is 3. The number of hydrogen-bond donors (Lipinski definition) is 3. The lowest BCUT2D eigenvalue weighted by Gasteiger charge is -2.34. The van der Waals surface area contributed by atoms with Crippen LogP contribution in [0.25, 0.3) is 10.9 Å². The molecule has 1 aromatic carbocycles. The number of aromatic nitrogens is 1. The number of fused-ring (bicyclic) bond motifs is 1. The van der Waals surface area contributed by atoms with Crippen molar-refractivity contribution >= 4 is 34.6 Å². The van der Waals surface area contributed by atoms with Crippen LogP contribution in [-0.2, 0) is 19.1 Å². The number of nitrogens with zero attached hydrogens (tertiary/aromatic N) is 1. The van der Waals surface area contributed by atoms with Crippen LogP contribution in [-0.4, -0.2) is 53.4 Å². The van der Waals surface area contributed by atoms with Gasteiger partial charge in [0.2, 0.25) is 11.8 Å². The average molecular weight is 527 g/mol. The molecular formula is C29H42N4O5. The minimum atomic E-state index is -1.30. The molecule has 0 spiro atoms. The molecule has 9 heteroatoms. The first-order valence-electron chi connectivity index (χ1n) is 12.9. The maximum absolute atomic E-state index is 13.7. The number of likely N-dealkylation sites (N-methyl/N-ethyl adjacent to an activating group) is 1. The summed E-state index contributed by atoms with van der Waals surface area (Å²) in [5.41, 5.74) is -0.695. The zero-order valence-corrected chi connectivity index (χ0v) is 24.0. The van der Waals surface area contributed by atoms with Crippen LogP contribution in [0.4, 0.5) is 0 Å². The third kappa shape index (κ3) is 8.26. The molecule has 0 saturated carbocycles. The zero-order valence-electron chi connectivity index (χ0n) is 24.0. The van der Waals surface area contributed by atoms with Crippen LogP contribution < -0.4 is 16.0 Å². The van der Waals surface area contributed by atoms with E-state index >= 15 is 0 Å². The van der Waals surface area contributed by atoms with Crippen molar-refractivity contribution in [3.8, 4) is 0 Å². The van der Waals surface area contributed by atoms with Gasteiger partial charge >= 0.3 is 5.97 Å². The van der Waals surface area contributed by atoms with Gasteiger partial charge in [0.25, 0.3) is 5.91 Å². The third-order valence-electron chi connectivity index (χ3n) is 5.95. The molecule has 0 aliphatic heterocycles. The maximum atomic E-state index is 13.7. The number of carbonyl (C=O) groups is 4. The monoisotopic (exact) mass is 526 g/mol. The van der Waals surface area contributed by atoms with Crippen molar-refractivity contribution < 1.29 is 23.9 Å². The van der Waals surface area contributed by atoms with Gasteiger partial charge in [0, 0.05) is 18.6 Å². The fourth-order valence-corrected chi connectivity index (χ4v) is 4.17. The Labute approximate surface area is 225 Å². The van der Waals surface area contributed by atoms with Crippen LogP contribution in [0.3, 0.4) is 0 Å². The zero-order chi connectivity index (χ0) is 28.8. The Morgan fingerprint density at radius 1 is 0.921 bits per heavy atom. The van der Waals surface area contributed by atoms with Crippen LogP contribution >= 0.6 is 0 Å². The van der Waals surface area contributed by atoms with Crippen LogP contribution in [0.5, 0.6) is 0 Å². The van der Waals surface area contributed by atoms with Gasteiger partial charge in [0.1, 0.15) is 17.7 Å². The van der Waals surface area contributed by atoms with E-state index in [0.717, 1.165) is 5.39 Å². The Bertz CT molecular complexity index is 1160. The molecule has 0 saturated heterocycles. The lowest BCUT2D eigenvalue weighted by atomic mass is 9.84. The van der Waals surface area contributed by atoms with E-state index in [1.54, 1.807) is 45.2 Å². The van der Waals surface area contributed by atoms with Crippen molar-refractivity contribution in [3.05, 3.63) is 42.1 Å². The number of amides is 3. The molecule has 3 N–H and O–H groups in total. The Kier molecular flexibility index (Phi) is 10.0. The lowest BCUT2D eigenvalue weighted by Crippen LogP contribution is -2.58. The van der Waals surface area contributed by atoms with E-state index in [9.17, 15) is 19.2 Å². The average Bonchev–Trinajstić information content (AvgIpc) is 2.81. The van der Waals surface area contributed by atoms with E-state index in [2.05, 4.69) is 20.9 Å². The first-order valence-corrected chi connectivity index (χ1v) is 12.9. The molecule has 0 aliphatic rings. The highest BCUT2D eigenvalue weighted by atomic mass is 16.6. The largest absolute Gasteiger partial charge is 0.458 e. The summed E-state index contributed by atoms with van der Waals surface area (Å²) < 4.78 is 5.65. The van der Waals surface area contributed by atoms with Crippen molar-refractivity contribution in [1.82, 2.24) is 20.9 Å². The van der Waals surface area contributed by atoms with Crippen molar-refractivity contribution in [2.45, 2.75) is 79.5 Å². The summed E-state index contributed by atoms with van der Waals surface area (Å²) in [6.07, 6.45) is 1.86. The minimum absolute atomic E-state index is 0.0000933. The predicted molar refractivity (Wildman–Crippen MR) is 147 cm³/mol. The maximum Gasteiger partial charge on any atom is 0.330 e. The molecule has 0 aliphatic carbocycles. The van der Waals surface area contributed by atoms with E-state index in [0.29, 0.717) is 5.52 Å². The number of esters is 1. The molecule has 1 heterocycles. The smallest absolute Gasteiger partial charge is 0.330 e. The second kappa shape index (κ2) is 12.4. The molecular weight excluding hydrogens is 484 g/mol. The second-order valence-electron chi connectivity index (χ2n) is 12.0. The summed E-state index contributed by atoms with van der Waals surface area (Å²) in [4.78, 5) is 57.7. The number of benzene rings is 1. The van der Waals surface area contributed by atoms with E-state index < -0.39 is 46.8 Å². The van der Waals surface area contributed by atoms with Crippen molar-refractivity contribution in [1.29, 1.82) is 0 Å². The van der Waals surface area contributed by atoms with Crippen molar-refractivity contribution in [3.63, 3.8) is 0 Å². The van der Waals surface area contributed by atoms with E-state index in [-0.39, 0.29) is 23.8 Å². The standard InChI is InChI=1S/C29H42N4O5/c1-17(2)16-20(25(35)33-23(26(36)30-9)28(3,4)5)22(27(37)38-29(6,7)8)32-24(34)19-14-10-12-18-13-11-15-31-21(18)19/h10-15,17,20,22-23H,16H2,1-9H3,(H,30,36)(H,32,34)(H,33,35)/t20-,22+,23-/m1/s1. The van der Waals surface area contributed by atoms with E-state index in [4.69, 9.17) is 4.74 Å². The Morgan fingerprint density at radius 2 is 1.55 bits per heavy atom. The Balaban J connectivity index is 2.53. The third-order valence-corrected chi connectivity index (χ3v) is 5.95. The summed E-state index contributed by atoms with van der Waals surface area (Å²) >= 11 is 0. The number of rotatable bonds is 9. The summed E-state index contributed by atoms with van der Waals surface area (Å²) in [5.74, 6) is -3.15. The molecule has 2 rings (SSSR count). The minimum Gasteiger partial charge on any atom is -0.458 e. The van der Waals surface area contributed by atoms with Crippen LogP contribution in [0, 0.1) is 17.3 Å². The van der Waals surface area contributed by atoms with Gasteiger partial charge in [-0.05, 0) is 50.7 Å². The van der Waals surface area contributed by atoms with Gasteiger partial charge < -0.3 is 20.7 Å². The molecule has 3 atom stereocenters. The molecule has 208 valence electrons. The van der Waals surface area contributed by atoms with Crippen LogP contribution in [0.15, 0.2) is 36.5 Å². The van der Waals surface area contributed by atoms with Gasteiger partial charge in [-0.3, -0.25) is 19.4 Å². The highest BCUT2D eigenvalue weighted by Crippen LogP contribution is 2.24. The van der Waals surface area contributed by atoms with Crippen LogP contribution in [0.2, 0.25) is 0 Å². The highest BCUT2D eigenvalue weighted by Gasteiger charge is 2.41. The fraction of sp³-hybridized carbons (Fsp3) is 0.552. The van der Waals surface area contributed by atoms with Crippen molar-refractivity contribution in [2.75, 3.05) is 7.05 Å². The lowest BCUT2D eigenvalue weighted by molar-refractivity contribution is -0.160. The van der Waals surface area contributed by atoms with Gasteiger partial charge in [-0.1, -0.05) is 52.8 Å². The first kappa shape index (κ1) is 30.7. The number of carbonyl (C=O) groups excluding carboxylic acids is 4. The number of ether oxygens (including phenoxy) is 1. The van der Waals surface area contributed by atoms with Gasteiger partial charge in [-0.2, -0.15) is 0 Å². The molecule has 0 unspecified atom stereocenters. The summed E-state index contributed by atoms with van der Waals surface area (Å²) in [6.45, 7) is 14.5. The molecule has 38 heavy (non-hydrogen) atoms. The van der Waals surface area contributed by atoms with Crippen molar-refractivity contribution in [2.24, 2.45) is 17.3 Å². The summed E-state index contributed by atoms with van der Waals surface area (Å²) in [6, 6.07) is 6.65. The number of hydrogen-bond acceptors (Lipinski definition) is 6. The SMILES string of the molecule is CNC(=O)[C@@H](NC(=O)[C@H](CC(C)C)[C@H](NC(=O)c1cccc2cccnc12)C(=O)OC(C)(C)C)C(C)(C)C. The van der Waals surface area contributed by atoms with Gasteiger partial charge in [0.05, 0.1) is 17.0 Å². The second-order valence-corrected chi connectivity index (χ2v) is 12.0. The number of pyridine rings is 1. The molecule has 0 fully saturated rings. The van der Waals surface area contributed by atoms with Gasteiger partial charge in [-0.15, -0.1) is 0 Å². The Morgan fingerprint density at radius 3 is 2.11 bits per heavy atom. The van der Waals surface area contributed by atoms with Gasteiger partial charge in [0.15, 0.2) is 0 Å². The topological polar surface area (TPSA) is 126 Å². The predicted octanol–water partition coefficient (Wildman–Crippen LogP) is 3.61. The van der Waals surface area contributed by atoms with Crippen LogP contribution in [0.1, 0.15) is 72.2 Å².